The van der Waals surface area contributed by atoms with E-state index in [-0.39, 0.29) is 0 Å². The van der Waals surface area contributed by atoms with Gasteiger partial charge < -0.3 is 0 Å². The van der Waals surface area contributed by atoms with Crippen molar-refractivity contribution in [1.29, 1.82) is 0 Å². The van der Waals surface area contributed by atoms with E-state index >= 15 is 0 Å². The summed E-state index contributed by atoms with van der Waals surface area (Å²) >= 11 is 0. The van der Waals surface area contributed by atoms with Gasteiger partial charge in [-0.05, 0) is 67.2 Å². The van der Waals surface area contributed by atoms with Crippen LogP contribution >= 0.6 is 0 Å². The first-order valence-electron chi connectivity index (χ1n) is 11.2. The largest absolute Gasteiger partial charge is 0.264 e. The summed E-state index contributed by atoms with van der Waals surface area (Å²) in [6, 6.07) is 18.9. The Labute approximate surface area is 188 Å². The van der Waals surface area contributed by atoms with E-state index < -0.39 is 0 Å². The fraction of sp³-hybridized carbons (Fsp3) is 0.222. The van der Waals surface area contributed by atoms with Crippen LogP contribution in [0.4, 0.5) is 0 Å². The maximum atomic E-state index is 5.11. The van der Waals surface area contributed by atoms with Crippen molar-refractivity contribution in [2.24, 2.45) is 10.9 Å². The molecular weight excluding hydrogens is 394 g/mol. The number of hydrazine groups is 1. The van der Waals surface area contributed by atoms with Gasteiger partial charge >= 0.3 is 0 Å². The number of benzene rings is 1. The molecule has 3 aliphatic rings. The summed E-state index contributed by atoms with van der Waals surface area (Å²) in [6.45, 7) is 3.84. The molecule has 158 valence electrons. The molecule has 5 nitrogen and oxygen atoms in total. The van der Waals surface area contributed by atoms with Crippen LogP contribution in [-0.4, -0.2) is 32.2 Å². The lowest BCUT2D eigenvalue weighted by Crippen LogP contribution is -2.34. The summed E-state index contributed by atoms with van der Waals surface area (Å²) in [5, 5.41) is 4.64. The van der Waals surface area contributed by atoms with Gasteiger partial charge in [-0.3, -0.25) is 15.0 Å². The van der Waals surface area contributed by atoms with Gasteiger partial charge in [-0.25, -0.2) is 10.0 Å². The molecule has 1 fully saturated rings. The number of pyridine rings is 2. The third-order valence-corrected chi connectivity index (χ3v) is 6.39. The second kappa shape index (κ2) is 7.84. The van der Waals surface area contributed by atoms with E-state index in [0.717, 1.165) is 47.1 Å². The fourth-order valence-corrected chi connectivity index (χ4v) is 4.51. The van der Waals surface area contributed by atoms with Crippen LogP contribution in [0.1, 0.15) is 29.7 Å². The number of aryl methyl sites for hydroxylation is 1. The summed E-state index contributed by atoms with van der Waals surface area (Å²) in [6.07, 6.45) is 10.5. The van der Waals surface area contributed by atoms with Crippen molar-refractivity contribution in [2.75, 3.05) is 6.54 Å². The van der Waals surface area contributed by atoms with Crippen molar-refractivity contribution in [1.82, 2.24) is 20.0 Å². The lowest BCUT2D eigenvalue weighted by atomic mass is 10.1. The van der Waals surface area contributed by atoms with Crippen LogP contribution in [0.2, 0.25) is 0 Å². The average Bonchev–Trinajstić information content (AvgIpc) is 3.63. The van der Waals surface area contributed by atoms with Crippen molar-refractivity contribution < 1.29 is 0 Å². The van der Waals surface area contributed by atoms with Crippen molar-refractivity contribution >= 4 is 5.71 Å². The van der Waals surface area contributed by atoms with E-state index in [9.17, 15) is 0 Å². The molecule has 3 aromatic rings. The van der Waals surface area contributed by atoms with Gasteiger partial charge in [0, 0.05) is 48.5 Å². The maximum Gasteiger partial charge on any atom is 0.148 e. The molecule has 0 atom stereocenters. The van der Waals surface area contributed by atoms with Crippen LogP contribution in [0.25, 0.3) is 11.3 Å². The van der Waals surface area contributed by atoms with E-state index in [0.29, 0.717) is 5.92 Å². The fourth-order valence-electron chi connectivity index (χ4n) is 4.51. The van der Waals surface area contributed by atoms with Crippen LogP contribution in [-0.2, 0) is 6.54 Å². The molecule has 4 heterocycles. The third-order valence-electron chi connectivity index (χ3n) is 6.39. The second-order valence-electron chi connectivity index (χ2n) is 8.65. The van der Waals surface area contributed by atoms with Crippen molar-refractivity contribution in [2.45, 2.75) is 26.3 Å². The molecule has 0 spiro atoms. The number of fused-ring (bicyclic) bond motifs is 1. The minimum Gasteiger partial charge on any atom is -0.264 e. The van der Waals surface area contributed by atoms with Crippen molar-refractivity contribution in [3.05, 3.63) is 107 Å². The average molecular weight is 420 g/mol. The highest BCUT2D eigenvalue weighted by Gasteiger charge is 2.38. The Morgan fingerprint density at radius 3 is 2.53 bits per heavy atom. The number of hydrogen-bond donors (Lipinski definition) is 0. The topological polar surface area (TPSA) is 44.6 Å². The SMILES string of the molecule is Cc1ncccc1C1=NC2=C(C3CC3)CN(Cc3ccc(-c4ccccn4)cc3)N2C=C1. The number of hydrogen-bond acceptors (Lipinski definition) is 5. The van der Waals surface area contributed by atoms with Gasteiger partial charge in [-0.15, -0.1) is 0 Å². The van der Waals surface area contributed by atoms with E-state index in [1.165, 1.54) is 24.0 Å². The summed E-state index contributed by atoms with van der Waals surface area (Å²) in [4.78, 5) is 14.0. The third kappa shape index (κ3) is 3.55. The number of aromatic nitrogens is 2. The molecule has 0 unspecified atom stereocenters. The Morgan fingerprint density at radius 2 is 1.78 bits per heavy atom. The highest BCUT2D eigenvalue weighted by atomic mass is 15.7. The summed E-state index contributed by atoms with van der Waals surface area (Å²) < 4.78 is 0. The summed E-state index contributed by atoms with van der Waals surface area (Å²) in [7, 11) is 0. The Morgan fingerprint density at radius 1 is 0.938 bits per heavy atom. The molecule has 1 aliphatic carbocycles. The number of aliphatic imine (C=N–C) groups is 1. The highest BCUT2D eigenvalue weighted by Crippen LogP contribution is 2.44. The molecule has 0 saturated heterocycles. The molecule has 0 amide bonds. The summed E-state index contributed by atoms with van der Waals surface area (Å²) in [5.74, 6) is 1.79. The smallest absolute Gasteiger partial charge is 0.148 e. The number of rotatable bonds is 5. The molecule has 1 aromatic carbocycles. The molecule has 5 heteroatoms. The zero-order valence-corrected chi connectivity index (χ0v) is 18.1. The molecule has 6 rings (SSSR count). The van der Waals surface area contributed by atoms with Crippen molar-refractivity contribution in [3.8, 4) is 11.3 Å². The second-order valence-corrected chi connectivity index (χ2v) is 8.65. The molecule has 2 aliphatic heterocycles. The lowest BCUT2D eigenvalue weighted by molar-refractivity contribution is 0.0789. The van der Waals surface area contributed by atoms with Gasteiger partial charge in [-0.1, -0.05) is 30.3 Å². The zero-order valence-electron chi connectivity index (χ0n) is 18.1. The number of nitrogens with zero attached hydrogens (tertiary/aromatic N) is 5. The van der Waals surface area contributed by atoms with E-state index in [2.05, 4.69) is 62.6 Å². The van der Waals surface area contributed by atoms with Gasteiger partial charge in [0.25, 0.3) is 0 Å². The molecule has 1 saturated carbocycles. The normalized spacial score (nSPS) is 18.2. The zero-order chi connectivity index (χ0) is 21.5. The molecule has 2 aromatic heterocycles. The Kier molecular flexibility index (Phi) is 4.69. The first kappa shape index (κ1) is 19.1. The van der Waals surface area contributed by atoms with Gasteiger partial charge in [-0.2, -0.15) is 0 Å². The molecule has 0 radical (unpaired) electrons. The van der Waals surface area contributed by atoms with Crippen LogP contribution in [0, 0.1) is 12.8 Å². The molecular formula is C27H25N5. The predicted molar refractivity (Wildman–Crippen MR) is 126 cm³/mol. The quantitative estimate of drug-likeness (QED) is 0.576. The minimum atomic E-state index is 0.676. The first-order valence-corrected chi connectivity index (χ1v) is 11.2. The lowest BCUT2D eigenvalue weighted by Gasteiger charge is -2.30. The highest BCUT2D eigenvalue weighted by molar-refractivity contribution is 6.10. The Balaban J connectivity index is 1.25. The van der Waals surface area contributed by atoms with Gasteiger partial charge in [0.15, 0.2) is 0 Å². The van der Waals surface area contributed by atoms with Gasteiger partial charge in [0.1, 0.15) is 5.82 Å². The van der Waals surface area contributed by atoms with E-state index in [4.69, 9.17) is 4.99 Å². The number of allylic oxidation sites excluding steroid dienone is 1. The molecule has 32 heavy (non-hydrogen) atoms. The maximum absolute atomic E-state index is 5.11. The monoisotopic (exact) mass is 419 g/mol. The Bertz CT molecular complexity index is 1240. The standard InChI is InChI=1S/C27H25N5/c1-19-23(5-4-15-28-19)26-13-16-32-27(30-26)24(21-11-12-21)18-31(32)17-20-7-9-22(10-8-20)25-6-2-3-14-29-25/h2-10,13-16,21H,11-12,17-18H2,1H3. The van der Waals surface area contributed by atoms with Crippen molar-refractivity contribution in [3.63, 3.8) is 0 Å². The summed E-state index contributed by atoms with van der Waals surface area (Å²) in [5.41, 5.74) is 8.03. The minimum absolute atomic E-state index is 0.676. The molecule has 0 N–H and O–H groups in total. The molecule has 0 bridgehead atoms. The van der Waals surface area contributed by atoms with Crippen LogP contribution < -0.4 is 0 Å². The Hall–Kier alpha value is -3.57. The van der Waals surface area contributed by atoms with E-state index in [1.54, 1.807) is 0 Å². The van der Waals surface area contributed by atoms with Crippen LogP contribution in [0.3, 0.4) is 0 Å². The van der Waals surface area contributed by atoms with Crippen LogP contribution in [0.15, 0.2) is 95.7 Å². The first-order chi connectivity index (χ1) is 15.8. The van der Waals surface area contributed by atoms with Crippen LogP contribution in [0.5, 0.6) is 0 Å². The predicted octanol–water partition coefficient (Wildman–Crippen LogP) is 5.12. The van der Waals surface area contributed by atoms with Gasteiger partial charge in [0.05, 0.1) is 11.4 Å². The van der Waals surface area contributed by atoms with Gasteiger partial charge in [0.2, 0.25) is 0 Å². The van der Waals surface area contributed by atoms with E-state index in [1.807, 2.05) is 43.6 Å².